The molecule has 2 heterocycles. The average Bonchev–Trinajstić information content (AvgIpc) is 3.17. The Labute approximate surface area is 212 Å². The number of aryl methyl sites for hydroxylation is 1. The molecule has 1 N–H and O–H groups in total. The molecule has 192 valence electrons. The molecule has 0 aliphatic carbocycles. The predicted octanol–water partition coefficient (Wildman–Crippen LogP) is 2.31. The zero-order valence-electron chi connectivity index (χ0n) is 21.5. The van der Waals surface area contributed by atoms with Crippen molar-refractivity contribution in [2.24, 2.45) is 0 Å². The Hall–Kier alpha value is -3.61. The molecule has 2 aromatic rings. The van der Waals surface area contributed by atoms with Gasteiger partial charge in [-0.25, -0.2) is 0 Å². The monoisotopic (exact) mass is 493 g/mol. The minimum Gasteiger partial charge on any atom is -0.497 e. The lowest BCUT2D eigenvalue weighted by Gasteiger charge is -2.34. The molecule has 9 heteroatoms. The Bertz CT molecular complexity index is 1120. The summed E-state index contributed by atoms with van der Waals surface area (Å²) >= 11 is 0. The summed E-state index contributed by atoms with van der Waals surface area (Å²) in [4.78, 5) is 28.9. The Morgan fingerprint density at radius 3 is 2.42 bits per heavy atom. The molecule has 1 aromatic carbocycles. The Kier molecular flexibility index (Phi) is 9.68. The summed E-state index contributed by atoms with van der Waals surface area (Å²) in [5.41, 5.74) is 3.86. The highest BCUT2D eigenvalue weighted by Crippen LogP contribution is 2.24. The van der Waals surface area contributed by atoms with Gasteiger partial charge in [-0.3, -0.25) is 14.5 Å². The van der Waals surface area contributed by atoms with Crippen molar-refractivity contribution in [1.82, 2.24) is 19.7 Å². The first-order valence-corrected chi connectivity index (χ1v) is 12.1. The SMILES string of the molecule is COCCCNC(=O)CN1CCN(C(=O)/C(C#N)=C\c2cc(C)n(-c3ccc(OC)cc3)c2C)CC1. The lowest BCUT2D eigenvalue weighted by Crippen LogP contribution is -2.51. The van der Waals surface area contributed by atoms with E-state index in [1.807, 2.05) is 49.1 Å². The van der Waals surface area contributed by atoms with Crippen LogP contribution < -0.4 is 10.1 Å². The minimum atomic E-state index is -0.282. The largest absolute Gasteiger partial charge is 0.497 e. The van der Waals surface area contributed by atoms with E-state index >= 15 is 0 Å². The van der Waals surface area contributed by atoms with Crippen LogP contribution in [0.2, 0.25) is 0 Å². The summed E-state index contributed by atoms with van der Waals surface area (Å²) in [6.07, 6.45) is 2.45. The third-order valence-electron chi connectivity index (χ3n) is 6.33. The van der Waals surface area contributed by atoms with Crippen molar-refractivity contribution in [3.8, 4) is 17.5 Å². The van der Waals surface area contributed by atoms with Crippen LogP contribution in [-0.4, -0.2) is 86.3 Å². The van der Waals surface area contributed by atoms with Gasteiger partial charge in [0.05, 0.1) is 13.7 Å². The first-order valence-electron chi connectivity index (χ1n) is 12.1. The molecule has 1 aliphatic heterocycles. The summed E-state index contributed by atoms with van der Waals surface area (Å²) in [5.74, 6) is 0.465. The molecule has 1 saturated heterocycles. The van der Waals surface area contributed by atoms with Crippen molar-refractivity contribution >= 4 is 17.9 Å². The highest BCUT2D eigenvalue weighted by Gasteiger charge is 2.25. The van der Waals surface area contributed by atoms with Crippen LogP contribution in [0.15, 0.2) is 35.9 Å². The van der Waals surface area contributed by atoms with Gasteiger partial charge < -0.3 is 24.3 Å². The molecular formula is C27H35N5O4. The average molecular weight is 494 g/mol. The molecule has 1 aliphatic rings. The summed E-state index contributed by atoms with van der Waals surface area (Å²) in [6, 6.07) is 11.8. The maximum atomic E-state index is 13.1. The number of methoxy groups -OCH3 is 2. The molecule has 2 amide bonds. The number of carbonyl (C=O) groups excluding carboxylic acids is 2. The molecule has 0 spiro atoms. The van der Waals surface area contributed by atoms with Crippen LogP contribution in [0.3, 0.4) is 0 Å². The number of nitrogens with one attached hydrogen (secondary N) is 1. The summed E-state index contributed by atoms with van der Waals surface area (Å²) < 4.78 is 12.3. The zero-order chi connectivity index (χ0) is 26.1. The van der Waals surface area contributed by atoms with Crippen LogP contribution in [0, 0.1) is 25.2 Å². The molecule has 1 fully saturated rings. The second-order valence-corrected chi connectivity index (χ2v) is 8.79. The van der Waals surface area contributed by atoms with Crippen LogP contribution in [-0.2, 0) is 14.3 Å². The Balaban J connectivity index is 1.63. The second-order valence-electron chi connectivity index (χ2n) is 8.79. The van der Waals surface area contributed by atoms with Crippen LogP contribution >= 0.6 is 0 Å². The lowest BCUT2D eigenvalue weighted by molar-refractivity contribution is -0.129. The van der Waals surface area contributed by atoms with Crippen LogP contribution in [0.25, 0.3) is 11.8 Å². The van der Waals surface area contributed by atoms with Gasteiger partial charge in [-0.1, -0.05) is 0 Å². The number of hydrogen-bond donors (Lipinski definition) is 1. The fraction of sp³-hybridized carbons (Fsp3) is 0.444. The molecular weight excluding hydrogens is 458 g/mol. The van der Waals surface area contributed by atoms with Gasteiger partial charge in [0.2, 0.25) is 5.91 Å². The molecule has 0 radical (unpaired) electrons. The van der Waals surface area contributed by atoms with Gasteiger partial charge in [-0.15, -0.1) is 0 Å². The minimum absolute atomic E-state index is 0.0318. The Morgan fingerprint density at radius 2 is 1.81 bits per heavy atom. The topological polar surface area (TPSA) is 99.8 Å². The maximum absolute atomic E-state index is 13.1. The predicted molar refractivity (Wildman–Crippen MR) is 138 cm³/mol. The number of aromatic nitrogens is 1. The van der Waals surface area contributed by atoms with Gasteiger partial charge >= 0.3 is 0 Å². The number of nitriles is 1. The smallest absolute Gasteiger partial charge is 0.264 e. The van der Waals surface area contributed by atoms with Gasteiger partial charge in [0, 0.05) is 63.5 Å². The van der Waals surface area contributed by atoms with E-state index in [0.29, 0.717) is 45.9 Å². The molecule has 9 nitrogen and oxygen atoms in total. The molecule has 3 rings (SSSR count). The van der Waals surface area contributed by atoms with E-state index in [4.69, 9.17) is 9.47 Å². The fourth-order valence-corrected chi connectivity index (χ4v) is 4.34. The fourth-order valence-electron chi connectivity index (χ4n) is 4.34. The summed E-state index contributed by atoms with van der Waals surface area (Å²) in [5, 5.41) is 12.6. The number of rotatable bonds is 10. The first-order chi connectivity index (χ1) is 17.4. The second kappa shape index (κ2) is 12.9. The Morgan fingerprint density at radius 1 is 1.11 bits per heavy atom. The van der Waals surface area contributed by atoms with Crippen molar-refractivity contribution in [3.05, 3.63) is 52.9 Å². The molecule has 0 saturated carbocycles. The van der Waals surface area contributed by atoms with Crippen LogP contribution in [0.1, 0.15) is 23.4 Å². The molecule has 0 bridgehead atoms. The van der Waals surface area contributed by atoms with Crippen molar-refractivity contribution in [3.63, 3.8) is 0 Å². The van der Waals surface area contributed by atoms with Gasteiger partial charge in [-0.05, 0) is 62.2 Å². The van der Waals surface area contributed by atoms with E-state index in [9.17, 15) is 14.9 Å². The van der Waals surface area contributed by atoms with E-state index < -0.39 is 0 Å². The van der Waals surface area contributed by atoms with Gasteiger partial charge in [-0.2, -0.15) is 5.26 Å². The summed E-state index contributed by atoms with van der Waals surface area (Å²) in [6.45, 7) is 7.58. The number of hydrogen-bond acceptors (Lipinski definition) is 6. The lowest BCUT2D eigenvalue weighted by atomic mass is 10.1. The number of ether oxygens (including phenoxy) is 2. The van der Waals surface area contributed by atoms with E-state index in [0.717, 1.165) is 34.8 Å². The molecule has 36 heavy (non-hydrogen) atoms. The number of nitrogens with zero attached hydrogens (tertiary/aromatic N) is 4. The maximum Gasteiger partial charge on any atom is 0.264 e. The van der Waals surface area contributed by atoms with Crippen LogP contribution in [0.5, 0.6) is 5.75 Å². The van der Waals surface area contributed by atoms with Crippen molar-refractivity contribution < 1.29 is 19.1 Å². The highest BCUT2D eigenvalue weighted by molar-refractivity contribution is 6.02. The van der Waals surface area contributed by atoms with Crippen molar-refractivity contribution in [1.29, 1.82) is 5.26 Å². The van der Waals surface area contributed by atoms with Crippen molar-refractivity contribution in [2.75, 3.05) is 60.1 Å². The van der Waals surface area contributed by atoms with E-state index in [1.54, 1.807) is 25.2 Å². The van der Waals surface area contributed by atoms with E-state index in [-0.39, 0.29) is 17.4 Å². The van der Waals surface area contributed by atoms with Gasteiger partial charge in [0.15, 0.2) is 0 Å². The van der Waals surface area contributed by atoms with Gasteiger partial charge in [0.1, 0.15) is 17.4 Å². The third-order valence-corrected chi connectivity index (χ3v) is 6.33. The third kappa shape index (κ3) is 6.74. The first kappa shape index (κ1) is 27.0. The molecule has 0 atom stereocenters. The molecule has 1 aromatic heterocycles. The van der Waals surface area contributed by atoms with E-state index in [1.165, 1.54) is 0 Å². The number of piperazine rings is 1. The molecule has 0 unspecified atom stereocenters. The van der Waals surface area contributed by atoms with Gasteiger partial charge in [0.25, 0.3) is 5.91 Å². The van der Waals surface area contributed by atoms with Crippen molar-refractivity contribution in [2.45, 2.75) is 20.3 Å². The van der Waals surface area contributed by atoms with E-state index in [2.05, 4.69) is 16.0 Å². The number of benzene rings is 1. The highest BCUT2D eigenvalue weighted by atomic mass is 16.5. The standard InChI is InChI=1S/C27H35N5O4/c1-20-16-22(21(2)32(20)24-6-8-25(36-4)9-7-24)17-23(18-28)27(34)31-13-11-30(12-14-31)19-26(33)29-10-5-15-35-3/h6-9,16-17H,5,10-15,19H2,1-4H3,(H,29,33)/b23-17-. The quantitative estimate of drug-likeness (QED) is 0.310. The number of carbonyl (C=O) groups is 2. The summed E-state index contributed by atoms with van der Waals surface area (Å²) in [7, 11) is 3.27. The number of amides is 2. The van der Waals surface area contributed by atoms with Crippen LogP contribution in [0.4, 0.5) is 0 Å². The normalized spacial score (nSPS) is 14.4. The zero-order valence-corrected chi connectivity index (χ0v) is 21.5.